The zero-order valence-electron chi connectivity index (χ0n) is 17.0. The van der Waals surface area contributed by atoms with Gasteiger partial charge in [0.2, 0.25) is 5.60 Å². The van der Waals surface area contributed by atoms with E-state index in [1.165, 1.54) is 6.20 Å². The van der Waals surface area contributed by atoms with Gasteiger partial charge in [0.05, 0.1) is 11.2 Å². The van der Waals surface area contributed by atoms with Crippen LogP contribution in [-0.2, 0) is 0 Å². The molecular weight excluding hydrogens is 403 g/mol. The van der Waals surface area contributed by atoms with E-state index in [1.54, 1.807) is 55.5 Å². The van der Waals surface area contributed by atoms with Crippen molar-refractivity contribution >= 4 is 28.4 Å². The Labute approximate surface area is 178 Å². The third-order valence-electron chi connectivity index (χ3n) is 5.65. The number of benzene rings is 2. The molecule has 4 nitrogen and oxygen atoms in total. The highest BCUT2D eigenvalue weighted by Crippen LogP contribution is 2.46. The zero-order chi connectivity index (χ0) is 22.1. The number of aryl methyl sites for hydroxylation is 1. The molecule has 0 amide bonds. The molecule has 1 N–H and O–H groups in total. The van der Waals surface area contributed by atoms with Crippen molar-refractivity contribution in [1.29, 1.82) is 0 Å². The van der Waals surface area contributed by atoms with Crippen molar-refractivity contribution in [3.8, 4) is 0 Å². The molecule has 160 valence electrons. The zero-order valence-corrected chi connectivity index (χ0v) is 17.0. The largest absolute Gasteiger partial charge is 0.422 e. The molecule has 0 aliphatic heterocycles. The van der Waals surface area contributed by atoms with Gasteiger partial charge in [-0.3, -0.25) is 4.99 Å². The Morgan fingerprint density at radius 1 is 1.10 bits per heavy atom. The second kappa shape index (κ2) is 8.23. The lowest BCUT2D eigenvalue weighted by molar-refractivity contribution is -0.240. The third kappa shape index (κ3) is 4.10. The highest BCUT2D eigenvalue weighted by atomic mass is 19.4. The van der Waals surface area contributed by atoms with E-state index in [-0.39, 0.29) is 12.1 Å². The van der Waals surface area contributed by atoms with Gasteiger partial charge in [0.15, 0.2) is 0 Å². The Hall–Kier alpha value is -3.06. The fraction of sp³-hybridized carbons (Fsp3) is 0.292. The first kappa shape index (κ1) is 21.2. The van der Waals surface area contributed by atoms with Crippen LogP contribution in [0.1, 0.15) is 30.7 Å². The Bertz CT molecular complexity index is 1140. The Morgan fingerprint density at radius 3 is 2.61 bits per heavy atom. The Balaban J connectivity index is 1.79. The van der Waals surface area contributed by atoms with Crippen LogP contribution in [0.5, 0.6) is 0 Å². The molecule has 7 heteroatoms. The van der Waals surface area contributed by atoms with E-state index in [0.29, 0.717) is 46.9 Å². The van der Waals surface area contributed by atoms with Crippen molar-refractivity contribution in [2.45, 2.75) is 38.0 Å². The summed E-state index contributed by atoms with van der Waals surface area (Å²) in [5.41, 5.74) is -1.07. The van der Waals surface area contributed by atoms with Gasteiger partial charge in [-0.2, -0.15) is 13.2 Å². The van der Waals surface area contributed by atoms with Crippen molar-refractivity contribution in [1.82, 2.24) is 9.97 Å². The second-order valence-electron chi connectivity index (χ2n) is 7.72. The molecule has 0 saturated heterocycles. The fourth-order valence-electron chi connectivity index (χ4n) is 4.06. The van der Waals surface area contributed by atoms with Crippen molar-refractivity contribution in [2.75, 3.05) is 0 Å². The minimum atomic E-state index is -4.90. The summed E-state index contributed by atoms with van der Waals surface area (Å²) < 4.78 is 42.8. The van der Waals surface area contributed by atoms with Gasteiger partial charge < -0.3 is 5.11 Å². The molecule has 31 heavy (non-hydrogen) atoms. The molecule has 0 saturated carbocycles. The average Bonchev–Trinajstić information content (AvgIpc) is 2.77. The first-order valence-corrected chi connectivity index (χ1v) is 10.1. The molecule has 2 unspecified atom stereocenters. The van der Waals surface area contributed by atoms with Crippen LogP contribution in [0.2, 0.25) is 0 Å². The molecule has 1 aliphatic carbocycles. The van der Waals surface area contributed by atoms with Crippen molar-refractivity contribution in [2.24, 2.45) is 10.9 Å². The van der Waals surface area contributed by atoms with Crippen molar-refractivity contribution in [3.05, 3.63) is 72.2 Å². The summed E-state index contributed by atoms with van der Waals surface area (Å²) in [7, 11) is 0. The molecule has 0 bridgehead atoms. The van der Waals surface area contributed by atoms with Gasteiger partial charge in [0, 0.05) is 23.7 Å². The number of rotatable bonds is 4. The summed E-state index contributed by atoms with van der Waals surface area (Å²) >= 11 is 0. The molecule has 2 atom stereocenters. The molecule has 0 radical (unpaired) electrons. The lowest BCUT2D eigenvalue weighted by Crippen LogP contribution is -2.53. The molecular formula is C24H22F3N3O. The van der Waals surface area contributed by atoms with Gasteiger partial charge in [0.25, 0.3) is 0 Å². The maximum absolute atomic E-state index is 14.3. The number of aliphatic imine (C=N–C) groups is 1. The number of aliphatic hydroxyl groups is 1. The van der Waals surface area contributed by atoms with E-state index in [0.717, 1.165) is 0 Å². The summed E-state index contributed by atoms with van der Waals surface area (Å²) in [6.45, 7) is 1.73. The minimum absolute atomic E-state index is 0.209. The lowest BCUT2D eigenvalue weighted by atomic mass is 9.73. The topological polar surface area (TPSA) is 58.4 Å². The van der Waals surface area contributed by atoms with Crippen LogP contribution in [0.25, 0.3) is 16.5 Å². The van der Waals surface area contributed by atoms with Crippen molar-refractivity contribution in [3.63, 3.8) is 0 Å². The lowest BCUT2D eigenvalue weighted by Gasteiger charge is -2.38. The average molecular weight is 425 g/mol. The number of aromatic nitrogens is 2. The van der Waals surface area contributed by atoms with E-state index < -0.39 is 17.7 Å². The number of alkyl halides is 3. The van der Waals surface area contributed by atoms with E-state index in [4.69, 9.17) is 0 Å². The standard InChI is InChI=1S/C24H22F3N3O/c1-16-28-14-19-21(12-7-13-22(19)30-16)29-15-23(31,24(25,26)27)20-11-6-5-10-18(20)17-8-3-2-4-9-17/h2-4,7-10,12-15,20,31H,5-6,11H2,1H3. The molecule has 1 aliphatic rings. The Kier molecular flexibility index (Phi) is 5.62. The van der Waals surface area contributed by atoms with Crippen LogP contribution in [-0.4, -0.2) is 33.1 Å². The van der Waals surface area contributed by atoms with E-state index in [1.807, 2.05) is 6.07 Å². The molecule has 0 spiro atoms. The van der Waals surface area contributed by atoms with Crippen LogP contribution < -0.4 is 0 Å². The first-order valence-electron chi connectivity index (χ1n) is 10.1. The van der Waals surface area contributed by atoms with Crippen LogP contribution >= 0.6 is 0 Å². The SMILES string of the molecule is Cc1ncc2c(N=CC(O)(C3CCCC=C3c3ccccc3)C(F)(F)F)cccc2n1. The maximum Gasteiger partial charge on any atom is 0.422 e. The normalized spacial score (nSPS) is 19.4. The number of fused-ring (bicyclic) bond motifs is 1. The molecule has 2 aromatic carbocycles. The smallest absolute Gasteiger partial charge is 0.375 e. The van der Waals surface area contributed by atoms with Crippen LogP contribution in [0.15, 0.2) is 65.8 Å². The highest BCUT2D eigenvalue weighted by Gasteiger charge is 2.58. The maximum atomic E-state index is 14.3. The van der Waals surface area contributed by atoms with E-state index in [9.17, 15) is 18.3 Å². The number of halogens is 3. The number of hydrogen-bond donors (Lipinski definition) is 1. The monoisotopic (exact) mass is 425 g/mol. The number of nitrogens with zero attached hydrogens (tertiary/aromatic N) is 3. The third-order valence-corrected chi connectivity index (χ3v) is 5.65. The quantitative estimate of drug-likeness (QED) is 0.536. The van der Waals surface area contributed by atoms with Gasteiger partial charge >= 0.3 is 6.18 Å². The van der Waals surface area contributed by atoms with E-state index >= 15 is 0 Å². The highest BCUT2D eigenvalue weighted by molar-refractivity contribution is 5.92. The summed E-state index contributed by atoms with van der Waals surface area (Å²) in [5.74, 6) is -0.596. The van der Waals surface area contributed by atoms with Crippen molar-refractivity contribution < 1.29 is 18.3 Å². The first-order chi connectivity index (χ1) is 14.8. The summed E-state index contributed by atoms with van der Waals surface area (Å²) in [5, 5.41) is 11.6. The minimum Gasteiger partial charge on any atom is -0.375 e. The predicted molar refractivity (Wildman–Crippen MR) is 115 cm³/mol. The van der Waals surface area contributed by atoms with Crippen LogP contribution in [0.4, 0.5) is 18.9 Å². The van der Waals surface area contributed by atoms with Crippen LogP contribution in [0, 0.1) is 12.8 Å². The predicted octanol–water partition coefficient (Wildman–Crippen LogP) is 5.82. The Morgan fingerprint density at radius 2 is 1.87 bits per heavy atom. The van der Waals surface area contributed by atoms with Gasteiger partial charge in [-0.1, -0.05) is 42.5 Å². The van der Waals surface area contributed by atoms with Gasteiger partial charge in [-0.15, -0.1) is 0 Å². The molecule has 3 aromatic rings. The number of allylic oxidation sites excluding steroid dienone is 1. The summed E-state index contributed by atoms with van der Waals surface area (Å²) in [6.07, 6.45) is 0.523. The van der Waals surface area contributed by atoms with Crippen LogP contribution in [0.3, 0.4) is 0 Å². The molecule has 1 aromatic heterocycles. The van der Waals surface area contributed by atoms with Gasteiger partial charge in [-0.25, -0.2) is 9.97 Å². The fourth-order valence-corrected chi connectivity index (χ4v) is 4.06. The molecule has 1 heterocycles. The number of hydrogen-bond acceptors (Lipinski definition) is 4. The van der Waals surface area contributed by atoms with Gasteiger partial charge in [0.1, 0.15) is 5.82 Å². The van der Waals surface area contributed by atoms with E-state index in [2.05, 4.69) is 15.0 Å². The second-order valence-corrected chi connectivity index (χ2v) is 7.72. The van der Waals surface area contributed by atoms with Gasteiger partial charge in [-0.05, 0) is 49.5 Å². The molecule has 4 rings (SSSR count). The summed E-state index contributed by atoms with van der Waals surface area (Å²) in [4.78, 5) is 12.5. The molecule has 0 fully saturated rings. The summed E-state index contributed by atoms with van der Waals surface area (Å²) in [6, 6.07) is 13.9.